The highest BCUT2D eigenvalue weighted by molar-refractivity contribution is 6.00. The molecule has 2 amide bonds. The average Bonchev–Trinajstić information content (AvgIpc) is 2.94. The summed E-state index contributed by atoms with van der Waals surface area (Å²) in [6.45, 7) is 10.0. The minimum atomic E-state index is -0.833. The Morgan fingerprint density at radius 3 is 2.23 bits per heavy atom. The lowest BCUT2D eigenvalue weighted by Crippen LogP contribution is -2.74. The Kier molecular flexibility index (Phi) is 8.70. The molecule has 3 aliphatic heterocycles. The highest BCUT2D eigenvalue weighted by Crippen LogP contribution is 2.40. The van der Waals surface area contributed by atoms with Crippen molar-refractivity contribution in [3.8, 4) is 0 Å². The second-order valence-electron chi connectivity index (χ2n) is 13.1. The zero-order valence-electron chi connectivity index (χ0n) is 24.3. The van der Waals surface area contributed by atoms with Gasteiger partial charge in [0.2, 0.25) is 11.8 Å². The van der Waals surface area contributed by atoms with Crippen LogP contribution in [0.15, 0.2) is 30.3 Å². The van der Waals surface area contributed by atoms with E-state index in [0.717, 1.165) is 90.5 Å². The Morgan fingerprint density at radius 2 is 1.59 bits per heavy atom. The van der Waals surface area contributed by atoms with Crippen molar-refractivity contribution >= 4 is 11.8 Å². The van der Waals surface area contributed by atoms with Gasteiger partial charge in [0.05, 0.1) is 5.60 Å². The fourth-order valence-corrected chi connectivity index (χ4v) is 7.71. The molecule has 5 rings (SSSR count). The molecule has 2 N–H and O–H groups in total. The van der Waals surface area contributed by atoms with Gasteiger partial charge < -0.3 is 15.3 Å². The second-order valence-corrected chi connectivity index (χ2v) is 13.1. The SMILES string of the molecule is CCCCN1C(=O)[C@@H](CC2(O)CCCCC2)NC(=O)C12CCN(C1(C)CCN(Cc3ccccc3)CC1)CC2. The third-order valence-corrected chi connectivity index (χ3v) is 10.4. The Bertz CT molecular complexity index is 976. The standard InChI is InChI=1S/C32H50N4O3/c1-3-4-19-36-28(37)27(24-31(39)13-9-6-10-14-31)33-29(38)32(36)17-22-35(23-18-32)30(2)15-20-34(21-16-30)25-26-11-7-5-8-12-26/h5,7-8,11-12,27,39H,3-4,6,9-10,13-25H2,1-2H3,(H,33,38)/t27-/m1/s1. The number of unbranched alkanes of at least 4 members (excludes halogenated alkanes) is 1. The fraction of sp³-hybridized carbons (Fsp3) is 0.750. The van der Waals surface area contributed by atoms with Gasteiger partial charge in [-0.2, -0.15) is 0 Å². The van der Waals surface area contributed by atoms with Gasteiger partial charge in [-0.05, 0) is 57.4 Å². The number of aliphatic hydroxyl groups is 1. The highest BCUT2D eigenvalue weighted by Gasteiger charge is 2.55. The van der Waals surface area contributed by atoms with Crippen LogP contribution < -0.4 is 5.32 Å². The third-order valence-electron chi connectivity index (χ3n) is 10.4. The first-order valence-corrected chi connectivity index (χ1v) is 15.6. The van der Waals surface area contributed by atoms with Crippen molar-refractivity contribution in [3.63, 3.8) is 0 Å². The van der Waals surface area contributed by atoms with Gasteiger partial charge in [0, 0.05) is 51.2 Å². The first kappa shape index (κ1) is 28.6. The fourth-order valence-electron chi connectivity index (χ4n) is 7.71. The molecule has 4 fully saturated rings. The smallest absolute Gasteiger partial charge is 0.246 e. The molecule has 1 spiro atoms. The van der Waals surface area contributed by atoms with Gasteiger partial charge in [0.1, 0.15) is 11.6 Å². The summed E-state index contributed by atoms with van der Waals surface area (Å²) in [5, 5.41) is 14.3. The topological polar surface area (TPSA) is 76.1 Å². The van der Waals surface area contributed by atoms with Crippen LogP contribution in [0.4, 0.5) is 0 Å². The predicted octanol–water partition coefficient (Wildman–Crippen LogP) is 4.09. The molecule has 3 heterocycles. The summed E-state index contributed by atoms with van der Waals surface area (Å²) in [5.74, 6) is 0.0287. The van der Waals surface area contributed by atoms with Gasteiger partial charge in [0.15, 0.2) is 0 Å². The molecule has 7 heteroatoms. The summed E-state index contributed by atoms with van der Waals surface area (Å²) in [4.78, 5) is 34.8. The molecule has 3 saturated heterocycles. The van der Waals surface area contributed by atoms with E-state index >= 15 is 0 Å². The maximum absolute atomic E-state index is 13.9. The van der Waals surface area contributed by atoms with Crippen LogP contribution in [0.25, 0.3) is 0 Å². The monoisotopic (exact) mass is 538 g/mol. The molecule has 1 aromatic carbocycles. The number of rotatable bonds is 8. The lowest BCUT2D eigenvalue weighted by molar-refractivity contribution is -0.165. The molecule has 1 saturated carbocycles. The largest absolute Gasteiger partial charge is 0.390 e. The molecule has 0 unspecified atom stereocenters. The molecule has 0 aromatic heterocycles. The van der Waals surface area contributed by atoms with Crippen LogP contribution >= 0.6 is 0 Å². The minimum Gasteiger partial charge on any atom is -0.390 e. The second kappa shape index (κ2) is 11.9. The van der Waals surface area contributed by atoms with Gasteiger partial charge in [-0.3, -0.25) is 19.4 Å². The lowest BCUT2D eigenvalue weighted by Gasteiger charge is -2.56. The third kappa shape index (κ3) is 6.06. The molecular formula is C32H50N4O3. The number of likely N-dealkylation sites (tertiary alicyclic amines) is 2. The molecule has 0 radical (unpaired) electrons. The molecule has 7 nitrogen and oxygen atoms in total. The number of amides is 2. The van der Waals surface area contributed by atoms with Crippen LogP contribution in [0.3, 0.4) is 0 Å². The van der Waals surface area contributed by atoms with E-state index in [4.69, 9.17) is 0 Å². The summed E-state index contributed by atoms with van der Waals surface area (Å²) in [5.41, 5.74) is -0.0840. The average molecular weight is 539 g/mol. The number of nitrogens with zero attached hydrogens (tertiary/aromatic N) is 3. The summed E-state index contributed by atoms with van der Waals surface area (Å²) in [7, 11) is 0. The Labute approximate surface area is 235 Å². The number of piperazine rings is 1. The summed E-state index contributed by atoms with van der Waals surface area (Å²) in [6.07, 6.45) is 10.4. The van der Waals surface area contributed by atoms with Crippen LogP contribution in [0.2, 0.25) is 0 Å². The molecule has 216 valence electrons. The number of nitrogens with one attached hydrogen (secondary N) is 1. The van der Waals surface area contributed by atoms with Crippen molar-refractivity contribution in [1.82, 2.24) is 20.0 Å². The van der Waals surface area contributed by atoms with E-state index in [0.29, 0.717) is 25.8 Å². The minimum absolute atomic E-state index is 0.00472. The molecule has 4 aliphatic rings. The van der Waals surface area contributed by atoms with Crippen molar-refractivity contribution in [2.75, 3.05) is 32.7 Å². The van der Waals surface area contributed by atoms with E-state index in [1.807, 2.05) is 4.90 Å². The van der Waals surface area contributed by atoms with E-state index in [-0.39, 0.29) is 17.4 Å². The zero-order valence-corrected chi connectivity index (χ0v) is 24.3. The molecule has 0 bridgehead atoms. The van der Waals surface area contributed by atoms with Crippen molar-refractivity contribution in [1.29, 1.82) is 0 Å². The van der Waals surface area contributed by atoms with Crippen LogP contribution in [0, 0.1) is 0 Å². The first-order chi connectivity index (χ1) is 18.8. The summed E-state index contributed by atoms with van der Waals surface area (Å²) in [6, 6.07) is 10.1. The molecule has 1 aliphatic carbocycles. The van der Waals surface area contributed by atoms with Crippen LogP contribution in [-0.2, 0) is 16.1 Å². The van der Waals surface area contributed by atoms with E-state index in [9.17, 15) is 14.7 Å². The van der Waals surface area contributed by atoms with Crippen LogP contribution in [-0.4, -0.2) is 87.1 Å². The molecule has 1 aromatic rings. The number of benzene rings is 1. The van der Waals surface area contributed by atoms with Crippen LogP contribution in [0.5, 0.6) is 0 Å². The zero-order chi connectivity index (χ0) is 27.5. The van der Waals surface area contributed by atoms with E-state index in [1.165, 1.54) is 5.56 Å². The first-order valence-electron chi connectivity index (χ1n) is 15.6. The summed E-state index contributed by atoms with van der Waals surface area (Å²) < 4.78 is 0. The number of carbonyl (C=O) groups is 2. The number of hydrogen-bond donors (Lipinski definition) is 2. The lowest BCUT2D eigenvalue weighted by atomic mass is 9.76. The Hall–Kier alpha value is -1.96. The van der Waals surface area contributed by atoms with Gasteiger partial charge >= 0.3 is 0 Å². The maximum Gasteiger partial charge on any atom is 0.246 e. The Balaban J connectivity index is 1.22. The normalized spacial score (nSPS) is 27.5. The van der Waals surface area contributed by atoms with Crippen molar-refractivity contribution in [3.05, 3.63) is 35.9 Å². The van der Waals surface area contributed by atoms with Gasteiger partial charge in [0.25, 0.3) is 0 Å². The maximum atomic E-state index is 13.9. The van der Waals surface area contributed by atoms with Crippen LogP contribution in [0.1, 0.15) is 96.5 Å². The van der Waals surface area contributed by atoms with Crippen molar-refractivity contribution in [2.24, 2.45) is 0 Å². The van der Waals surface area contributed by atoms with Gasteiger partial charge in [-0.1, -0.05) is 62.9 Å². The Morgan fingerprint density at radius 1 is 0.923 bits per heavy atom. The van der Waals surface area contributed by atoms with E-state index in [1.54, 1.807) is 0 Å². The molecular weight excluding hydrogens is 488 g/mol. The highest BCUT2D eigenvalue weighted by atomic mass is 16.3. The number of carbonyl (C=O) groups excluding carboxylic acids is 2. The quantitative estimate of drug-likeness (QED) is 0.522. The van der Waals surface area contributed by atoms with E-state index < -0.39 is 17.2 Å². The number of hydrogen-bond acceptors (Lipinski definition) is 5. The molecule has 39 heavy (non-hydrogen) atoms. The number of piperidine rings is 2. The van der Waals surface area contributed by atoms with Gasteiger partial charge in [-0.25, -0.2) is 0 Å². The molecule has 1 atom stereocenters. The van der Waals surface area contributed by atoms with E-state index in [2.05, 4.69) is 59.3 Å². The predicted molar refractivity (Wildman–Crippen MR) is 154 cm³/mol. The summed E-state index contributed by atoms with van der Waals surface area (Å²) >= 11 is 0. The van der Waals surface area contributed by atoms with Crippen molar-refractivity contribution < 1.29 is 14.7 Å². The van der Waals surface area contributed by atoms with Gasteiger partial charge in [-0.15, -0.1) is 0 Å². The van der Waals surface area contributed by atoms with Crippen molar-refractivity contribution in [2.45, 2.75) is 120 Å².